The molecule has 1 saturated heterocycles. The molecule has 6 heteroatoms. The lowest BCUT2D eigenvalue weighted by Crippen LogP contribution is -2.37. The van der Waals surface area contributed by atoms with E-state index in [9.17, 15) is 8.42 Å². The number of hydrogen-bond acceptors (Lipinski definition) is 4. The Labute approximate surface area is 149 Å². The Morgan fingerprint density at radius 2 is 1.92 bits per heavy atom. The van der Waals surface area contributed by atoms with E-state index in [0.29, 0.717) is 11.4 Å². The van der Waals surface area contributed by atoms with Crippen LogP contribution in [0.2, 0.25) is 0 Å². The number of pyridine rings is 1. The van der Waals surface area contributed by atoms with Crippen LogP contribution in [0.3, 0.4) is 0 Å². The minimum absolute atomic E-state index is 0.0805. The molecule has 1 N–H and O–H groups in total. The van der Waals surface area contributed by atoms with Crippen LogP contribution in [0.1, 0.15) is 30.4 Å². The summed E-state index contributed by atoms with van der Waals surface area (Å²) in [5, 5.41) is 0. The van der Waals surface area contributed by atoms with Gasteiger partial charge in [0.15, 0.2) is 0 Å². The largest absolute Gasteiger partial charge is 0.355 e. The molecule has 5 nitrogen and oxygen atoms in total. The fourth-order valence-corrected chi connectivity index (χ4v) is 5.08. The van der Waals surface area contributed by atoms with E-state index in [1.54, 1.807) is 12.3 Å². The van der Waals surface area contributed by atoms with Gasteiger partial charge in [-0.1, -0.05) is 12.1 Å². The molecule has 1 atom stereocenters. The predicted molar refractivity (Wildman–Crippen MR) is 98.3 cm³/mol. The number of anilines is 1. The Bertz CT molecular complexity index is 852. The Morgan fingerprint density at radius 1 is 1.08 bits per heavy atom. The second kappa shape index (κ2) is 6.77. The van der Waals surface area contributed by atoms with E-state index in [4.69, 9.17) is 0 Å². The van der Waals surface area contributed by atoms with Crippen molar-refractivity contribution in [2.75, 3.05) is 18.0 Å². The number of aryl methyl sites for hydroxylation is 2. The number of nitrogens with zero attached hydrogens (tertiary/aromatic N) is 2. The molecule has 0 spiro atoms. The molecule has 4 rings (SSSR count). The number of nitrogens with one attached hydrogen (secondary N) is 1. The van der Waals surface area contributed by atoms with Crippen molar-refractivity contribution in [3.63, 3.8) is 0 Å². The van der Waals surface area contributed by atoms with Gasteiger partial charge in [0.25, 0.3) is 0 Å². The Kier molecular flexibility index (Phi) is 4.48. The molecule has 0 amide bonds. The van der Waals surface area contributed by atoms with Gasteiger partial charge < -0.3 is 4.90 Å². The van der Waals surface area contributed by atoms with E-state index in [2.05, 4.69) is 14.6 Å². The first kappa shape index (κ1) is 16.5. The molecular weight excluding hydrogens is 334 g/mol. The van der Waals surface area contributed by atoms with Crippen LogP contribution in [-0.2, 0) is 22.9 Å². The number of aromatic nitrogens is 1. The van der Waals surface area contributed by atoms with Crippen LogP contribution in [0.5, 0.6) is 0 Å². The molecule has 2 aliphatic rings. The molecule has 1 unspecified atom stereocenters. The van der Waals surface area contributed by atoms with Crippen LogP contribution in [0, 0.1) is 0 Å². The zero-order chi connectivity index (χ0) is 17.3. The van der Waals surface area contributed by atoms with Crippen LogP contribution in [-0.4, -0.2) is 32.5 Å². The van der Waals surface area contributed by atoms with Crippen LogP contribution < -0.4 is 9.62 Å². The summed E-state index contributed by atoms with van der Waals surface area (Å²) in [5.74, 6) is 0.901. The zero-order valence-corrected chi connectivity index (χ0v) is 15.0. The molecule has 0 bridgehead atoms. The van der Waals surface area contributed by atoms with Gasteiger partial charge in [-0.3, -0.25) is 0 Å². The highest BCUT2D eigenvalue weighted by atomic mass is 32.2. The highest BCUT2D eigenvalue weighted by Gasteiger charge is 2.28. The fraction of sp³-hybridized carbons (Fsp3) is 0.421. The maximum absolute atomic E-state index is 12.8. The molecule has 1 aromatic carbocycles. The smallest absolute Gasteiger partial charge is 0.240 e. The van der Waals surface area contributed by atoms with Crippen molar-refractivity contribution in [3.05, 3.63) is 53.7 Å². The molecule has 132 valence electrons. The summed E-state index contributed by atoms with van der Waals surface area (Å²) in [5.41, 5.74) is 2.49. The van der Waals surface area contributed by atoms with Crippen molar-refractivity contribution >= 4 is 15.8 Å². The third-order valence-electron chi connectivity index (χ3n) is 5.11. The molecule has 1 fully saturated rings. The highest BCUT2D eigenvalue weighted by Crippen LogP contribution is 2.25. The number of fused-ring (bicyclic) bond motifs is 1. The van der Waals surface area contributed by atoms with Gasteiger partial charge in [-0.2, -0.15) is 0 Å². The number of hydrogen-bond donors (Lipinski definition) is 1. The standard InChI is InChI=1S/C19H23N3O2S/c23-25(24,18-9-8-15-5-1-2-6-16(15)13-18)21-17-10-12-22(14-17)19-7-3-4-11-20-19/h3-4,7-9,11,13,17,21H,1-2,5-6,10,12,14H2. The van der Waals surface area contributed by atoms with Gasteiger partial charge >= 0.3 is 0 Å². The summed E-state index contributed by atoms with van der Waals surface area (Å²) in [7, 11) is -3.48. The van der Waals surface area contributed by atoms with Gasteiger partial charge in [-0.15, -0.1) is 0 Å². The van der Waals surface area contributed by atoms with Crippen LogP contribution >= 0.6 is 0 Å². The van der Waals surface area contributed by atoms with Crippen molar-refractivity contribution in [2.24, 2.45) is 0 Å². The average molecular weight is 357 g/mol. The second-order valence-electron chi connectivity index (χ2n) is 6.88. The summed E-state index contributed by atoms with van der Waals surface area (Å²) in [6, 6.07) is 11.3. The first-order chi connectivity index (χ1) is 12.1. The Hall–Kier alpha value is -1.92. The molecule has 1 aliphatic heterocycles. The van der Waals surface area contributed by atoms with Gasteiger partial charge in [0.05, 0.1) is 4.90 Å². The van der Waals surface area contributed by atoms with Crippen LogP contribution in [0.25, 0.3) is 0 Å². The van der Waals surface area contributed by atoms with Gasteiger partial charge in [-0.05, 0) is 67.5 Å². The second-order valence-corrected chi connectivity index (χ2v) is 8.59. The first-order valence-electron chi connectivity index (χ1n) is 8.92. The van der Waals surface area contributed by atoms with Crippen molar-refractivity contribution in [2.45, 2.75) is 43.0 Å². The van der Waals surface area contributed by atoms with Crippen LogP contribution in [0.4, 0.5) is 5.82 Å². The highest BCUT2D eigenvalue weighted by molar-refractivity contribution is 7.89. The molecular formula is C19H23N3O2S. The molecule has 1 aromatic heterocycles. The lowest BCUT2D eigenvalue weighted by atomic mass is 9.92. The SMILES string of the molecule is O=S(=O)(NC1CCN(c2ccccn2)C1)c1ccc2c(c1)CCCC2. The van der Waals surface area contributed by atoms with Crippen molar-refractivity contribution in [1.29, 1.82) is 0 Å². The predicted octanol–water partition coefficient (Wildman–Crippen LogP) is 2.52. The van der Waals surface area contributed by atoms with Gasteiger partial charge in [-0.25, -0.2) is 18.1 Å². The van der Waals surface area contributed by atoms with E-state index in [1.165, 1.54) is 17.5 Å². The minimum Gasteiger partial charge on any atom is -0.355 e. The van der Waals surface area contributed by atoms with Gasteiger partial charge in [0, 0.05) is 25.3 Å². The average Bonchev–Trinajstić information content (AvgIpc) is 3.10. The number of sulfonamides is 1. The van der Waals surface area contributed by atoms with Gasteiger partial charge in [0.2, 0.25) is 10.0 Å². The zero-order valence-electron chi connectivity index (χ0n) is 14.2. The molecule has 2 aromatic rings. The summed E-state index contributed by atoms with van der Waals surface area (Å²) in [6.45, 7) is 1.47. The molecule has 1 aliphatic carbocycles. The van der Waals surface area contributed by atoms with Crippen molar-refractivity contribution < 1.29 is 8.42 Å². The quantitative estimate of drug-likeness (QED) is 0.913. The maximum atomic E-state index is 12.8. The van der Waals surface area contributed by atoms with E-state index in [0.717, 1.165) is 38.0 Å². The molecule has 0 saturated carbocycles. The lowest BCUT2D eigenvalue weighted by molar-refractivity contribution is 0.561. The van der Waals surface area contributed by atoms with E-state index >= 15 is 0 Å². The van der Waals surface area contributed by atoms with E-state index in [-0.39, 0.29) is 6.04 Å². The van der Waals surface area contributed by atoms with Crippen molar-refractivity contribution in [3.8, 4) is 0 Å². The Balaban J connectivity index is 1.47. The molecule has 0 radical (unpaired) electrons. The van der Waals surface area contributed by atoms with E-state index < -0.39 is 10.0 Å². The van der Waals surface area contributed by atoms with Crippen molar-refractivity contribution in [1.82, 2.24) is 9.71 Å². The first-order valence-corrected chi connectivity index (χ1v) is 10.4. The monoisotopic (exact) mass is 357 g/mol. The lowest BCUT2D eigenvalue weighted by Gasteiger charge is -2.19. The molecule has 25 heavy (non-hydrogen) atoms. The summed E-state index contributed by atoms with van der Waals surface area (Å²) in [4.78, 5) is 6.86. The number of benzene rings is 1. The van der Waals surface area contributed by atoms with Gasteiger partial charge in [0.1, 0.15) is 5.82 Å². The molecule has 2 heterocycles. The third-order valence-corrected chi connectivity index (χ3v) is 6.63. The summed E-state index contributed by atoms with van der Waals surface area (Å²) >= 11 is 0. The number of rotatable bonds is 4. The normalized spacial score (nSPS) is 20.5. The minimum atomic E-state index is -3.48. The third kappa shape index (κ3) is 3.55. The topological polar surface area (TPSA) is 62.3 Å². The van der Waals surface area contributed by atoms with Crippen LogP contribution in [0.15, 0.2) is 47.5 Å². The maximum Gasteiger partial charge on any atom is 0.240 e. The summed E-state index contributed by atoms with van der Waals surface area (Å²) in [6.07, 6.45) is 6.94. The van der Waals surface area contributed by atoms with E-state index in [1.807, 2.05) is 30.3 Å². The summed E-state index contributed by atoms with van der Waals surface area (Å²) < 4.78 is 28.4. The Morgan fingerprint density at radius 3 is 2.72 bits per heavy atom. The fourth-order valence-electron chi connectivity index (χ4n) is 3.77.